The van der Waals surface area contributed by atoms with E-state index in [4.69, 9.17) is 4.74 Å². The van der Waals surface area contributed by atoms with Crippen molar-refractivity contribution in [2.24, 2.45) is 0 Å². The third kappa shape index (κ3) is 4.70. The Morgan fingerprint density at radius 2 is 2.00 bits per heavy atom. The Kier molecular flexibility index (Phi) is 5.99. The first-order chi connectivity index (χ1) is 11.0. The summed E-state index contributed by atoms with van der Waals surface area (Å²) in [5.41, 5.74) is 3.12. The lowest BCUT2D eigenvalue weighted by Crippen LogP contribution is -2.24. The molecular formula is C19H20BrNO2. The number of ether oxygens (including phenoxy) is 1. The van der Waals surface area contributed by atoms with Crippen molar-refractivity contribution >= 4 is 27.9 Å². The van der Waals surface area contributed by atoms with Crippen molar-refractivity contribution in [3.05, 3.63) is 69.7 Å². The van der Waals surface area contributed by atoms with Crippen LogP contribution in [0.25, 0.3) is 6.08 Å². The molecule has 0 bridgehead atoms. The van der Waals surface area contributed by atoms with Crippen molar-refractivity contribution in [2.75, 3.05) is 14.2 Å². The Labute approximate surface area is 145 Å². The van der Waals surface area contributed by atoms with E-state index in [2.05, 4.69) is 15.9 Å². The van der Waals surface area contributed by atoms with E-state index in [1.54, 1.807) is 25.1 Å². The molecule has 120 valence electrons. The molecule has 2 aromatic rings. The zero-order valence-corrected chi connectivity index (χ0v) is 15.1. The third-order valence-electron chi connectivity index (χ3n) is 3.53. The monoisotopic (exact) mass is 373 g/mol. The average Bonchev–Trinajstić information content (AvgIpc) is 2.54. The summed E-state index contributed by atoms with van der Waals surface area (Å²) in [7, 11) is 3.43. The van der Waals surface area contributed by atoms with Gasteiger partial charge in [-0.3, -0.25) is 4.79 Å². The fourth-order valence-corrected chi connectivity index (χ4v) is 2.68. The quantitative estimate of drug-likeness (QED) is 0.725. The molecule has 0 heterocycles. The fourth-order valence-electron chi connectivity index (χ4n) is 2.26. The number of likely N-dealkylation sites (N-methyl/N-ethyl adjacent to an activating group) is 1. The number of rotatable bonds is 5. The van der Waals surface area contributed by atoms with Crippen LogP contribution in [-0.4, -0.2) is 25.0 Å². The molecule has 0 radical (unpaired) electrons. The predicted molar refractivity (Wildman–Crippen MR) is 97.4 cm³/mol. The molecular weight excluding hydrogens is 354 g/mol. The standard InChI is InChI=1S/C19H20BrNO2/c1-14-8-10-18(23-3)16(12-14)13-21(2)19(22)11-9-15-6-4-5-7-17(15)20/h4-12H,13H2,1-3H3/b11-9+. The van der Waals surface area contributed by atoms with Gasteiger partial charge in [-0.25, -0.2) is 0 Å². The van der Waals surface area contributed by atoms with Gasteiger partial charge < -0.3 is 9.64 Å². The van der Waals surface area contributed by atoms with Crippen LogP contribution >= 0.6 is 15.9 Å². The van der Waals surface area contributed by atoms with Crippen LogP contribution in [0.15, 0.2) is 53.0 Å². The molecule has 0 aliphatic rings. The SMILES string of the molecule is COc1ccc(C)cc1CN(C)C(=O)/C=C/c1ccccc1Br. The number of methoxy groups -OCH3 is 1. The molecule has 0 aromatic heterocycles. The Balaban J connectivity index is 2.09. The fraction of sp³-hybridized carbons (Fsp3) is 0.211. The molecule has 0 saturated heterocycles. The van der Waals surface area contributed by atoms with Crippen molar-refractivity contribution in [3.63, 3.8) is 0 Å². The van der Waals surface area contributed by atoms with Gasteiger partial charge in [-0.05, 0) is 30.7 Å². The van der Waals surface area contributed by atoms with Crippen LogP contribution in [0, 0.1) is 6.92 Å². The first kappa shape index (κ1) is 17.3. The summed E-state index contributed by atoms with van der Waals surface area (Å²) in [5.74, 6) is 0.745. The Morgan fingerprint density at radius 1 is 1.26 bits per heavy atom. The van der Waals surface area contributed by atoms with E-state index >= 15 is 0 Å². The predicted octanol–water partition coefficient (Wildman–Crippen LogP) is 4.44. The smallest absolute Gasteiger partial charge is 0.246 e. The summed E-state index contributed by atoms with van der Waals surface area (Å²) < 4.78 is 6.33. The van der Waals surface area contributed by atoms with Gasteiger partial charge >= 0.3 is 0 Å². The van der Waals surface area contributed by atoms with Crippen LogP contribution in [0.4, 0.5) is 0 Å². The number of hydrogen-bond acceptors (Lipinski definition) is 2. The molecule has 0 aliphatic heterocycles. The maximum Gasteiger partial charge on any atom is 0.246 e. The molecule has 2 rings (SSSR count). The summed E-state index contributed by atoms with van der Waals surface area (Å²) in [5, 5.41) is 0. The van der Waals surface area contributed by atoms with Gasteiger partial charge in [-0.15, -0.1) is 0 Å². The van der Waals surface area contributed by atoms with Crippen LogP contribution < -0.4 is 4.74 Å². The van der Waals surface area contributed by atoms with Gasteiger partial charge in [0.15, 0.2) is 0 Å². The van der Waals surface area contributed by atoms with Crippen LogP contribution in [0.1, 0.15) is 16.7 Å². The van der Waals surface area contributed by atoms with Crippen molar-refractivity contribution in [1.82, 2.24) is 4.90 Å². The molecule has 23 heavy (non-hydrogen) atoms. The first-order valence-corrected chi connectivity index (χ1v) is 8.12. The number of nitrogens with zero attached hydrogens (tertiary/aromatic N) is 1. The number of carbonyl (C=O) groups excluding carboxylic acids is 1. The summed E-state index contributed by atoms with van der Waals surface area (Å²) in [6.07, 6.45) is 3.40. The minimum absolute atomic E-state index is 0.0516. The maximum absolute atomic E-state index is 12.3. The van der Waals surface area contributed by atoms with Crippen LogP contribution in [-0.2, 0) is 11.3 Å². The molecule has 0 spiro atoms. The van der Waals surface area contributed by atoms with E-state index in [1.807, 2.05) is 55.5 Å². The third-order valence-corrected chi connectivity index (χ3v) is 4.25. The van der Waals surface area contributed by atoms with E-state index in [-0.39, 0.29) is 5.91 Å². The van der Waals surface area contributed by atoms with E-state index in [1.165, 1.54) is 0 Å². The molecule has 0 saturated carbocycles. The lowest BCUT2D eigenvalue weighted by Gasteiger charge is -2.17. The topological polar surface area (TPSA) is 29.5 Å². The van der Waals surface area contributed by atoms with Crippen LogP contribution in [0.2, 0.25) is 0 Å². The molecule has 0 aliphatic carbocycles. The molecule has 4 heteroatoms. The largest absolute Gasteiger partial charge is 0.496 e. The minimum atomic E-state index is -0.0516. The van der Waals surface area contributed by atoms with Gasteiger partial charge in [-0.1, -0.05) is 51.8 Å². The zero-order chi connectivity index (χ0) is 16.8. The van der Waals surface area contributed by atoms with Gasteiger partial charge in [0.05, 0.1) is 7.11 Å². The number of amides is 1. The summed E-state index contributed by atoms with van der Waals surface area (Å²) in [6, 6.07) is 13.8. The normalized spacial score (nSPS) is 10.8. The summed E-state index contributed by atoms with van der Waals surface area (Å²) in [4.78, 5) is 14.0. The van der Waals surface area contributed by atoms with E-state index < -0.39 is 0 Å². The lowest BCUT2D eigenvalue weighted by atomic mass is 10.1. The Hall–Kier alpha value is -2.07. The highest BCUT2D eigenvalue weighted by atomic mass is 79.9. The number of hydrogen-bond donors (Lipinski definition) is 0. The highest BCUT2D eigenvalue weighted by molar-refractivity contribution is 9.10. The number of halogens is 1. The molecule has 0 N–H and O–H groups in total. The van der Waals surface area contributed by atoms with Crippen molar-refractivity contribution in [1.29, 1.82) is 0 Å². The van der Waals surface area contributed by atoms with Gasteiger partial charge in [-0.2, -0.15) is 0 Å². The van der Waals surface area contributed by atoms with E-state index in [9.17, 15) is 4.79 Å². The summed E-state index contributed by atoms with van der Waals surface area (Å²) in [6.45, 7) is 2.53. The maximum atomic E-state index is 12.3. The number of benzene rings is 2. The molecule has 0 fully saturated rings. The number of aryl methyl sites for hydroxylation is 1. The van der Waals surface area contributed by atoms with Crippen molar-refractivity contribution in [3.8, 4) is 5.75 Å². The molecule has 2 aromatic carbocycles. The second kappa shape index (κ2) is 7.97. The van der Waals surface area contributed by atoms with Gasteiger partial charge in [0.1, 0.15) is 5.75 Å². The summed E-state index contributed by atoms with van der Waals surface area (Å²) >= 11 is 3.47. The van der Waals surface area contributed by atoms with Crippen LogP contribution in [0.5, 0.6) is 5.75 Å². The molecule has 0 atom stereocenters. The second-order valence-corrected chi connectivity index (χ2v) is 6.22. The first-order valence-electron chi connectivity index (χ1n) is 7.32. The zero-order valence-electron chi connectivity index (χ0n) is 13.5. The van der Waals surface area contributed by atoms with Gasteiger partial charge in [0.25, 0.3) is 0 Å². The second-order valence-electron chi connectivity index (χ2n) is 5.36. The van der Waals surface area contributed by atoms with Crippen LogP contribution in [0.3, 0.4) is 0 Å². The highest BCUT2D eigenvalue weighted by Gasteiger charge is 2.10. The Bertz CT molecular complexity index is 725. The Morgan fingerprint density at radius 3 is 2.70 bits per heavy atom. The minimum Gasteiger partial charge on any atom is -0.496 e. The molecule has 3 nitrogen and oxygen atoms in total. The average molecular weight is 374 g/mol. The molecule has 1 amide bonds. The number of carbonyl (C=O) groups is 1. The van der Waals surface area contributed by atoms with E-state index in [0.717, 1.165) is 26.9 Å². The highest BCUT2D eigenvalue weighted by Crippen LogP contribution is 2.21. The molecule has 0 unspecified atom stereocenters. The van der Waals surface area contributed by atoms with Gasteiger partial charge in [0, 0.05) is 29.7 Å². The van der Waals surface area contributed by atoms with Crippen molar-refractivity contribution < 1.29 is 9.53 Å². The van der Waals surface area contributed by atoms with Gasteiger partial charge in [0.2, 0.25) is 5.91 Å². The van der Waals surface area contributed by atoms with Crippen molar-refractivity contribution in [2.45, 2.75) is 13.5 Å². The lowest BCUT2D eigenvalue weighted by molar-refractivity contribution is -0.125. The van der Waals surface area contributed by atoms with E-state index in [0.29, 0.717) is 6.54 Å².